The van der Waals surface area contributed by atoms with Crippen LogP contribution in [-0.2, 0) is 0 Å². The standard InChI is InChI=1S/C16H22ClNO2/c1-3-5-16(6-4-2)10-18(11-16)14-8-12(15(19)20)7-13(17)9-14/h7-9H,3-6,10-11H2,1-2H3,(H,19,20). The number of carbonyl (C=O) groups is 1. The van der Waals surface area contributed by atoms with Crippen LogP contribution in [0.15, 0.2) is 18.2 Å². The number of carboxylic acid groups (broad SMARTS) is 1. The summed E-state index contributed by atoms with van der Waals surface area (Å²) in [6.45, 7) is 6.46. The van der Waals surface area contributed by atoms with E-state index in [1.165, 1.54) is 31.7 Å². The van der Waals surface area contributed by atoms with Crippen molar-refractivity contribution in [3.05, 3.63) is 28.8 Å². The van der Waals surface area contributed by atoms with Crippen molar-refractivity contribution in [2.45, 2.75) is 39.5 Å². The molecule has 0 bridgehead atoms. The molecule has 1 aromatic rings. The molecule has 0 amide bonds. The van der Waals surface area contributed by atoms with Crippen LogP contribution >= 0.6 is 11.6 Å². The van der Waals surface area contributed by atoms with Gasteiger partial charge in [0.25, 0.3) is 0 Å². The van der Waals surface area contributed by atoms with E-state index in [4.69, 9.17) is 16.7 Å². The third-order valence-electron chi connectivity index (χ3n) is 4.11. The largest absolute Gasteiger partial charge is 0.478 e. The summed E-state index contributed by atoms with van der Waals surface area (Å²) >= 11 is 6.02. The fourth-order valence-electron chi connectivity index (χ4n) is 3.33. The number of anilines is 1. The predicted octanol–water partition coefficient (Wildman–Crippen LogP) is 4.44. The number of hydrogen-bond acceptors (Lipinski definition) is 2. The van der Waals surface area contributed by atoms with E-state index in [9.17, 15) is 4.79 Å². The van der Waals surface area contributed by atoms with Gasteiger partial charge in [0.15, 0.2) is 0 Å². The summed E-state index contributed by atoms with van der Waals surface area (Å²) in [6, 6.07) is 5.07. The lowest BCUT2D eigenvalue weighted by molar-refractivity contribution is 0.0697. The Labute approximate surface area is 125 Å². The molecular formula is C16H22ClNO2. The third-order valence-corrected chi connectivity index (χ3v) is 4.33. The van der Waals surface area contributed by atoms with Crippen LogP contribution in [0.1, 0.15) is 49.9 Å². The van der Waals surface area contributed by atoms with Crippen LogP contribution in [0.3, 0.4) is 0 Å². The van der Waals surface area contributed by atoms with E-state index in [-0.39, 0.29) is 5.56 Å². The van der Waals surface area contributed by atoms with Crippen LogP contribution in [-0.4, -0.2) is 24.2 Å². The molecular weight excluding hydrogens is 274 g/mol. The zero-order valence-electron chi connectivity index (χ0n) is 12.2. The Morgan fingerprint density at radius 1 is 1.25 bits per heavy atom. The Kier molecular flexibility index (Phi) is 4.59. The average Bonchev–Trinajstić information content (AvgIpc) is 2.34. The van der Waals surface area contributed by atoms with Gasteiger partial charge in [-0.1, -0.05) is 38.3 Å². The summed E-state index contributed by atoms with van der Waals surface area (Å²) in [4.78, 5) is 13.3. The van der Waals surface area contributed by atoms with E-state index in [0.29, 0.717) is 10.4 Å². The second kappa shape index (κ2) is 6.04. The minimum absolute atomic E-state index is 0.260. The summed E-state index contributed by atoms with van der Waals surface area (Å²) in [5.74, 6) is -0.928. The number of benzene rings is 1. The summed E-state index contributed by atoms with van der Waals surface area (Å²) in [5, 5.41) is 9.59. The maximum atomic E-state index is 11.1. The van der Waals surface area contributed by atoms with E-state index in [1.54, 1.807) is 6.07 Å². The lowest BCUT2D eigenvalue weighted by Gasteiger charge is -2.52. The highest BCUT2D eigenvalue weighted by Crippen LogP contribution is 2.42. The van der Waals surface area contributed by atoms with E-state index in [2.05, 4.69) is 18.7 Å². The van der Waals surface area contributed by atoms with Gasteiger partial charge in [-0.3, -0.25) is 0 Å². The summed E-state index contributed by atoms with van der Waals surface area (Å²) in [6.07, 6.45) is 4.88. The van der Waals surface area contributed by atoms with Crippen molar-refractivity contribution in [3.63, 3.8) is 0 Å². The molecule has 0 radical (unpaired) electrons. The van der Waals surface area contributed by atoms with Gasteiger partial charge < -0.3 is 10.0 Å². The van der Waals surface area contributed by atoms with Gasteiger partial charge in [0.05, 0.1) is 5.56 Å². The van der Waals surface area contributed by atoms with Crippen molar-refractivity contribution in [3.8, 4) is 0 Å². The van der Waals surface area contributed by atoms with Crippen LogP contribution in [0.5, 0.6) is 0 Å². The van der Waals surface area contributed by atoms with Gasteiger partial charge >= 0.3 is 5.97 Å². The number of nitrogens with zero attached hydrogens (tertiary/aromatic N) is 1. The Hall–Kier alpha value is -1.22. The van der Waals surface area contributed by atoms with Crippen molar-refractivity contribution in [2.24, 2.45) is 5.41 Å². The SMILES string of the molecule is CCCC1(CCC)CN(c2cc(Cl)cc(C(=O)O)c2)C1. The van der Waals surface area contributed by atoms with Gasteiger partial charge in [0, 0.05) is 29.2 Å². The minimum Gasteiger partial charge on any atom is -0.478 e. The first-order chi connectivity index (χ1) is 9.49. The van der Waals surface area contributed by atoms with Crippen LogP contribution < -0.4 is 4.90 Å². The maximum absolute atomic E-state index is 11.1. The highest BCUT2D eigenvalue weighted by atomic mass is 35.5. The van der Waals surface area contributed by atoms with Crippen LogP contribution in [0.25, 0.3) is 0 Å². The van der Waals surface area contributed by atoms with Crippen molar-refractivity contribution in [1.29, 1.82) is 0 Å². The Bertz CT molecular complexity index is 487. The maximum Gasteiger partial charge on any atom is 0.335 e. The smallest absolute Gasteiger partial charge is 0.335 e. The molecule has 20 heavy (non-hydrogen) atoms. The second-order valence-electron chi connectivity index (χ2n) is 5.86. The molecule has 1 aliphatic rings. The lowest BCUT2D eigenvalue weighted by atomic mass is 9.72. The topological polar surface area (TPSA) is 40.5 Å². The average molecular weight is 296 g/mol. The summed E-state index contributed by atoms with van der Waals surface area (Å²) < 4.78 is 0. The molecule has 4 heteroatoms. The van der Waals surface area contributed by atoms with Crippen LogP contribution in [0, 0.1) is 5.41 Å². The molecule has 2 rings (SSSR count). The van der Waals surface area contributed by atoms with Gasteiger partial charge in [-0.25, -0.2) is 4.79 Å². The molecule has 0 aliphatic carbocycles. The zero-order valence-corrected chi connectivity index (χ0v) is 12.9. The minimum atomic E-state index is -0.928. The first-order valence-electron chi connectivity index (χ1n) is 7.28. The normalized spacial score (nSPS) is 16.9. The molecule has 110 valence electrons. The van der Waals surface area contributed by atoms with Crippen molar-refractivity contribution < 1.29 is 9.90 Å². The molecule has 1 heterocycles. The molecule has 3 nitrogen and oxygen atoms in total. The molecule has 0 atom stereocenters. The Morgan fingerprint density at radius 2 is 1.85 bits per heavy atom. The molecule has 0 unspecified atom stereocenters. The van der Waals surface area contributed by atoms with Gasteiger partial charge in [-0.05, 0) is 31.0 Å². The molecule has 1 fully saturated rings. The lowest BCUT2D eigenvalue weighted by Crippen LogP contribution is -2.56. The molecule has 1 aliphatic heterocycles. The second-order valence-corrected chi connectivity index (χ2v) is 6.30. The number of carboxylic acids is 1. The molecule has 1 saturated heterocycles. The van der Waals surface area contributed by atoms with Gasteiger partial charge in [0.2, 0.25) is 0 Å². The number of halogens is 1. The van der Waals surface area contributed by atoms with Crippen molar-refractivity contribution >= 4 is 23.3 Å². The Balaban J connectivity index is 2.13. The first-order valence-corrected chi connectivity index (χ1v) is 7.66. The van der Waals surface area contributed by atoms with Crippen molar-refractivity contribution in [1.82, 2.24) is 0 Å². The van der Waals surface area contributed by atoms with E-state index in [1.807, 2.05) is 6.07 Å². The Morgan fingerprint density at radius 3 is 2.35 bits per heavy atom. The molecule has 1 aromatic carbocycles. The quantitative estimate of drug-likeness (QED) is 0.843. The number of rotatable bonds is 6. The van der Waals surface area contributed by atoms with Crippen LogP contribution in [0.4, 0.5) is 5.69 Å². The fourth-order valence-corrected chi connectivity index (χ4v) is 3.56. The number of hydrogen-bond donors (Lipinski definition) is 1. The fraction of sp³-hybridized carbons (Fsp3) is 0.562. The van der Waals surface area contributed by atoms with Gasteiger partial charge in [-0.15, -0.1) is 0 Å². The molecule has 0 saturated carbocycles. The zero-order chi connectivity index (χ0) is 14.8. The summed E-state index contributed by atoms with van der Waals surface area (Å²) in [7, 11) is 0. The monoisotopic (exact) mass is 295 g/mol. The van der Waals surface area contributed by atoms with Crippen molar-refractivity contribution in [2.75, 3.05) is 18.0 Å². The third kappa shape index (κ3) is 3.09. The van der Waals surface area contributed by atoms with E-state index in [0.717, 1.165) is 18.8 Å². The van der Waals surface area contributed by atoms with Crippen LogP contribution in [0.2, 0.25) is 5.02 Å². The van der Waals surface area contributed by atoms with Gasteiger partial charge in [0.1, 0.15) is 0 Å². The number of aromatic carboxylic acids is 1. The molecule has 1 N–H and O–H groups in total. The summed E-state index contributed by atoms with van der Waals surface area (Å²) in [5.41, 5.74) is 1.60. The molecule has 0 aromatic heterocycles. The first kappa shape index (κ1) is 15.2. The van der Waals surface area contributed by atoms with Gasteiger partial charge in [-0.2, -0.15) is 0 Å². The van der Waals surface area contributed by atoms with E-state index >= 15 is 0 Å². The highest BCUT2D eigenvalue weighted by molar-refractivity contribution is 6.31. The van der Waals surface area contributed by atoms with E-state index < -0.39 is 5.97 Å². The highest BCUT2D eigenvalue weighted by Gasteiger charge is 2.41. The predicted molar refractivity (Wildman–Crippen MR) is 82.9 cm³/mol. The molecule has 0 spiro atoms.